The van der Waals surface area contributed by atoms with Crippen molar-refractivity contribution in [3.8, 4) is 5.75 Å². The predicted molar refractivity (Wildman–Crippen MR) is 55.4 cm³/mol. The van der Waals surface area contributed by atoms with Crippen molar-refractivity contribution >= 4 is 6.08 Å². The maximum absolute atomic E-state index is 9.52. The third-order valence-electron chi connectivity index (χ3n) is 2.13. The number of hydrogen-bond acceptors (Lipinski definition) is 2. The number of phenolic OH excluding ortho intramolecular Hbond substituents is 1. The van der Waals surface area contributed by atoms with Crippen molar-refractivity contribution in [1.82, 2.24) is 0 Å². The van der Waals surface area contributed by atoms with Crippen LogP contribution in [0, 0.1) is 0 Å². The summed E-state index contributed by atoms with van der Waals surface area (Å²) in [4.78, 5) is 0. The molecule has 3 N–H and O–H groups in total. The van der Waals surface area contributed by atoms with Gasteiger partial charge in [-0.3, -0.25) is 0 Å². The molecule has 0 heterocycles. The monoisotopic (exact) mass is 177 g/mol. The number of benzene rings is 1. The second-order valence-corrected chi connectivity index (χ2v) is 3.04. The second-order valence-electron chi connectivity index (χ2n) is 3.04. The van der Waals surface area contributed by atoms with Crippen molar-refractivity contribution < 1.29 is 5.11 Å². The standard InChI is InChI=1S/C11H15NO/c1-3-8-5-6-11(13)9(7-8)10(12)4-2/h3,5-7,10,13H,1,4,12H2,2H3/t10-/m0/s1. The van der Waals surface area contributed by atoms with E-state index in [1.165, 1.54) is 0 Å². The smallest absolute Gasteiger partial charge is 0.120 e. The first-order valence-electron chi connectivity index (χ1n) is 4.40. The molecule has 2 heteroatoms. The lowest BCUT2D eigenvalue weighted by Crippen LogP contribution is -2.08. The molecule has 0 bridgehead atoms. The summed E-state index contributed by atoms with van der Waals surface area (Å²) in [5, 5.41) is 9.52. The van der Waals surface area contributed by atoms with Crippen LogP contribution in [-0.2, 0) is 0 Å². The largest absolute Gasteiger partial charge is 0.508 e. The zero-order valence-electron chi connectivity index (χ0n) is 7.83. The van der Waals surface area contributed by atoms with E-state index < -0.39 is 0 Å². The van der Waals surface area contributed by atoms with Crippen LogP contribution >= 0.6 is 0 Å². The van der Waals surface area contributed by atoms with Gasteiger partial charge in [0.05, 0.1) is 0 Å². The number of phenols is 1. The molecule has 13 heavy (non-hydrogen) atoms. The maximum Gasteiger partial charge on any atom is 0.120 e. The topological polar surface area (TPSA) is 46.2 Å². The molecule has 0 aromatic heterocycles. The van der Waals surface area contributed by atoms with Gasteiger partial charge in [0.25, 0.3) is 0 Å². The van der Waals surface area contributed by atoms with Gasteiger partial charge in [0.15, 0.2) is 0 Å². The van der Waals surface area contributed by atoms with Crippen LogP contribution < -0.4 is 5.73 Å². The van der Waals surface area contributed by atoms with Gasteiger partial charge in [-0.15, -0.1) is 0 Å². The maximum atomic E-state index is 9.52. The Balaban J connectivity index is 3.10. The van der Waals surface area contributed by atoms with E-state index >= 15 is 0 Å². The SMILES string of the molecule is C=Cc1ccc(O)c([C@@H](N)CC)c1. The molecule has 1 aromatic carbocycles. The number of hydrogen-bond donors (Lipinski definition) is 2. The van der Waals surface area contributed by atoms with Crippen LogP contribution in [0.5, 0.6) is 5.75 Å². The Morgan fingerprint density at radius 3 is 2.85 bits per heavy atom. The Bertz CT molecular complexity index is 307. The van der Waals surface area contributed by atoms with Crippen LogP contribution in [0.4, 0.5) is 0 Å². The van der Waals surface area contributed by atoms with E-state index in [0.29, 0.717) is 0 Å². The third kappa shape index (κ3) is 2.10. The van der Waals surface area contributed by atoms with E-state index in [4.69, 9.17) is 5.73 Å². The average Bonchev–Trinajstić information content (AvgIpc) is 2.17. The minimum atomic E-state index is -0.0973. The highest BCUT2D eigenvalue weighted by atomic mass is 16.3. The van der Waals surface area contributed by atoms with Crippen LogP contribution in [0.25, 0.3) is 6.08 Å². The number of rotatable bonds is 3. The fourth-order valence-electron chi connectivity index (χ4n) is 1.22. The second kappa shape index (κ2) is 4.10. The van der Waals surface area contributed by atoms with Crippen LogP contribution in [0.15, 0.2) is 24.8 Å². The zero-order valence-corrected chi connectivity index (χ0v) is 7.83. The minimum absolute atomic E-state index is 0.0973. The van der Waals surface area contributed by atoms with Crippen LogP contribution in [0.3, 0.4) is 0 Å². The van der Waals surface area contributed by atoms with E-state index in [1.54, 1.807) is 12.1 Å². The van der Waals surface area contributed by atoms with Crippen molar-refractivity contribution in [2.24, 2.45) is 5.73 Å². The van der Waals surface area contributed by atoms with Gasteiger partial charge < -0.3 is 10.8 Å². The molecule has 2 nitrogen and oxygen atoms in total. The quantitative estimate of drug-likeness (QED) is 0.745. The molecule has 0 saturated heterocycles. The highest BCUT2D eigenvalue weighted by Crippen LogP contribution is 2.25. The molecule has 0 saturated carbocycles. The van der Waals surface area contributed by atoms with Crippen LogP contribution in [0.1, 0.15) is 30.5 Å². The Morgan fingerprint density at radius 2 is 2.31 bits per heavy atom. The Morgan fingerprint density at radius 1 is 1.62 bits per heavy atom. The molecule has 0 amide bonds. The van der Waals surface area contributed by atoms with Gasteiger partial charge >= 0.3 is 0 Å². The fourth-order valence-corrected chi connectivity index (χ4v) is 1.22. The lowest BCUT2D eigenvalue weighted by Gasteiger charge is -2.11. The molecule has 1 rings (SSSR count). The highest BCUT2D eigenvalue weighted by molar-refractivity contribution is 5.52. The highest BCUT2D eigenvalue weighted by Gasteiger charge is 2.08. The first-order chi connectivity index (χ1) is 6.19. The van der Waals surface area contributed by atoms with Gasteiger partial charge in [-0.2, -0.15) is 0 Å². The summed E-state index contributed by atoms with van der Waals surface area (Å²) in [5.41, 5.74) is 7.60. The summed E-state index contributed by atoms with van der Waals surface area (Å²) in [6, 6.07) is 5.24. The van der Waals surface area contributed by atoms with Crippen molar-refractivity contribution in [3.63, 3.8) is 0 Å². The molecule has 0 aliphatic rings. The fraction of sp³-hybridized carbons (Fsp3) is 0.273. The zero-order chi connectivity index (χ0) is 9.84. The van der Waals surface area contributed by atoms with E-state index in [-0.39, 0.29) is 11.8 Å². The van der Waals surface area contributed by atoms with E-state index in [2.05, 4.69) is 6.58 Å². The summed E-state index contributed by atoms with van der Waals surface area (Å²) >= 11 is 0. The molecule has 70 valence electrons. The van der Waals surface area contributed by atoms with Gasteiger partial charge in [0.2, 0.25) is 0 Å². The van der Waals surface area contributed by atoms with Gasteiger partial charge in [0, 0.05) is 11.6 Å². The van der Waals surface area contributed by atoms with E-state index in [0.717, 1.165) is 17.5 Å². The molecule has 0 aliphatic heterocycles. The molecule has 1 atom stereocenters. The number of aromatic hydroxyl groups is 1. The van der Waals surface area contributed by atoms with Gasteiger partial charge in [-0.05, 0) is 24.1 Å². The van der Waals surface area contributed by atoms with Crippen LogP contribution in [-0.4, -0.2) is 5.11 Å². The van der Waals surface area contributed by atoms with E-state index in [9.17, 15) is 5.11 Å². The Labute approximate surface area is 78.7 Å². The van der Waals surface area contributed by atoms with Crippen molar-refractivity contribution in [1.29, 1.82) is 0 Å². The van der Waals surface area contributed by atoms with Gasteiger partial charge in [-0.1, -0.05) is 25.6 Å². The Kier molecular flexibility index (Phi) is 3.09. The summed E-state index contributed by atoms with van der Waals surface area (Å²) in [6.07, 6.45) is 2.56. The third-order valence-corrected chi connectivity index (χ3v) is 2.13. The molecular weight excluding hydrogens is 162 g/mol. The summed E-state index contributed by atoms with van der Waals surface area (Å²) in [5.74, 6) is 0.264. The first kappa shape index (κ1) is 9.81. The van der Waals surface area contributed by atoms with Crippen molar-refractivity contribution in [2.45, 2.75) is 19.4 Å². The lowest BCUT2D eigenvalue weighted by atomic mass is 10.0. The predicted octanol–water partition coefficient (Wildman–Crippen LogP) is 2.45. The molecular formula is C11H15NO. The average molecular weight is 177 g/mol. The van der Waals surface area contributed by atoms with Crippen molar-refractivity contribution in [3.05, 3.63) is 35.9 Å². The molecule has 0 unspecified atom stereocenters. The van der Waals surface area contributed by atoms with Crippen LogP contribution in [0.2, 0.25) is 0 Å². The summed E-state index contributed by atoms with van der Waals surface area (Å²) in [6.45, 7) is 5.66. The summed E-state index contributed by atoms with van der Waals surface area (Å²) in [7, 11) is 0. The Hall–Kier alpha value is -1.28. The first-order valence-corrected chi connectivity index (χ1v) is 4.40. The van der Waals surface area contributed by atoms with Gasteiger partial charge in [0.1, 0.15) is 5.75 Å². The molecule has 0 spiro atoms. The van der Waals surface area contributed by atoms with Crippen molar-refractivity contribution in [2.75, 3.05) is 0 Å². The normalized spacial score (nSPS) is 12.5. The molecule has 1 aromatic rings. The van der Waals surface area contributed by atoms with Gasteiger partial charge in [-0.25, -0.2) is 0 Å². The lowest BCUT2D eigenvalue weighted by molar-refractivity contribution is 0.460. The molecule has 0 aliphatic carbocycles. The van der Waals surface area contributed by atoms with E-state index in [1.807, 2.05) is 19.1 Å². The minimum Gasteiger partial charge on any atom is -0.508 e. The number of nitrogens with two attached hydrogens (primary N) is 1. The summed E-state index contributed by atoms with van der Waals surface area (Å²) < 4.78 is 0. The molecule has 0 radical (unpaired) electrons. The molecule has 0 fully saturated rings.